The molecule has 0 saturated carbocycles. The van der Waals surface area contributed by atoms with Gasteiger partial charge in [0.05, 0.1) is 23.4 Å². The first kappa shape index (κ1) is 17.0. The van der Waals surface area contributed by atoms with Crippen LogP contribution in [0.4, 0.5) is 10.1 Å². The second kappa shape index (κ2) is 6.95. The van der Waals surface area contributed by atoms with E-state index in [4.69, 9.17) is 11.6 Å². The SMILES string of the molecule is COC(=O)c1cc(F)c(Cl)cc1NC(=O)c1nnc(-n2ccnc2)s1. The maximum Gasteiger partial charge on any atom is 0.340 e. The number of nitrogens with zero attached hydrogens (tertiary/aromatic N) is 4. The molecule has 25 heavy (non-hydrogen) atoms. The van der Waals surface area contributed by atoms with Gasteiger partial charge in [0, 0.05) is 12.4 Å². The molecule has 0 unspecified atom stereocenters. The molecule has 11 heteroatoms. The lowest BCUT2D eigenvalue weighted by molar-refractivity contribution is 0.0601. The lowest BCUT2D eigenvalue weighted by atomic mass is 10.1. The third kappa shape index (κ3) is 3.49. The molecule has 1 N–H and O–H groups in total. The predicted molar refractivity (Wildman–Crippen MR) is 87.7 cm³/mol. The maximum absolute atomic E-state index is 13.6. The molecule has 128 valence electrons. The minimum atomic E-state index is -0.817. The van der Waals surface area contributed by atoms with Crippen LogP contribution in [0, 0.1) is 5.82 Å². The van der Waals surface area contributed by atoms with E-state index in [2.05, 4.69) is 25.2 Å². The summed E-state index contributed by atoms with van der Waals surface area (Å²) >= 11 is 6.73. The summed E-state index contributed by atoms with van der Waals surface area (Å²) in [6.45, 7) is 0. The lowest BCUT2D eigenvalue weighted by Crippen LogP contribution is -2.15. The zero-order valence-corrected chi connectivity index (χ0v) is 14.1. The van der Waals surface area contributed by atoms with E-state index in [0.717, 1.165) is 30.6 Å². The molecular weight excluding hydrogens is 373 g/mol. The molecule has 0 aliphatic rings. The molecule has 0 fully saturated rings. The van der Waals surface area contributed by atoms with Crippen LogP contribution in [0.25, 0.3) is 5.13 Å². The average Bonchev–Trinajstić information content (AvgIpc) is 3.28. The van der Waals surface area contributed by atoms with Gasteiger partial charge >= 0.3 is 5.97 Å². The van der Waals surface area contributed by atoms with Gasteiger partial charge in [0.1, 0.15) is 12.1 Å². The highest BCUT2D eigenvalue weighted by Gasteiger charge is 2.20. The Bertz CT molecular complexity index is 944. The first-order valence-corrected chi connectivity index (χ1v) is 7.89. The number of hydrogen-bond donors (Lipinski definition) is 1. The minimum absolute atomic E-state index is 0.00244. The van der Waals surface area contributed by atoms with Crippen molar-refractivity contribution in [2.24, 2.45) is 0 Å². The molecule has 3 aromatic rings. The smallest absolute Gasteiger partial charge is 0.340 e. The highest BCUT2D eigenvalue weighted by atomic mass is 35.5. The number of methoxy groups -OCH3 is 1. The van der Waals surface area contributed by atoms with Crippen LogP contribution in [-0.2, 0) is 4.74 Å². The Hall–Kier alpha value is -2.85. The number of anilines is 1. The number of imidazole rings is 1. The Labute approximate surface area is 149 Å². The highest BCUT2D eigenvalue weighted by molar-refractivity contribution is 7.15. The number of hydrogen-bond acceptors (Lipinski definition) is 7. The van der Waals surface area contributed by atoms with Crippen molar-refractivity contribution in [1.29, 1.82) is 0 Å². The summed E-state index contributed by atoms with van der Waals surface area (Å²) in [5, 5.41) is 10.4. The van der Waals surface area contributed by atoms with Crippen LogP contribution in [0.15, 0.2) is 30.9 Å². The van der Waals surface area contributed by atoms with Crippen molar-refractivity contribution in [3.8, 4) is 5.13 Å². The van der Waals surface area contributed by atoms with E-state index in [1.165, 1.54) is 6.33 Å². The van der Waals surface area contributed by atoms with E-state index in [0.29, 0.717) is 5.13 Å². The van der Waals surface area contributed by atoms with Gasteiger partial charge in [0.15, 0.2) is 0 Å². The monoisotopic (exact) mass is 381 g/mol. The van der Waals surface area contributed by atoms with Gasteiger partial charge in [-0.15, -0.1) is 10.2 Å². The van der Waals surface area contributed by atoms with E-state index in [9.17, 15) is 14.0 Å². The number of esters is 1. The van der Waals surface area contributed by atoms with Crippen molar-refractivity contribution >= 4 is 40.5 Å². The predicted octanol–water partition coefficient (Wildman–Crippen LogP) is 2.56. The Morgan fingerprint density at radius 1 is 1.36 bits per heavy atom. The van der Waals surface area contributed by atoms with Crippen LogP contribution in [-0.4, -0.2) is 38.7 Å². The number of ether oxygens (including phenoxy) is 1. The summed E-state index contributed by atoms with van der Waals surface area (Å²) < 4.78 is 19.8. The molecule has 3 rings (SSSR count). The van der Waals surface area contributed by atoms with Gasteiger partial charge in [-0.05, 0) is 12.1 Å². The normalized spacial score (nSPS) is 10.5. The topological polar surface area (TPSA) is 99.0 Å². The molecule has 0 aliphatic carbocycles. The van der Waals surface area contributed by atoms with E-state index < -0.39 is 17.7 Å². The van der Waals surface area contributed by atoms with Crippen molar-refractivity contribution in [2.45, 2.75) is 0 Å². The molecule has 0 radical (unpaired) electrons. The third-order valence-electron chi connectivity index (χ3n) is 3.05. The zero-order valence-electron chi connectivity index (χ0n) is 12.6. The quantitative estimate of drug-likeness (QED) is 0.697. The van der Waals surface area contributed by atoms with Gasteiger partial charge in [0.25, 0.3) is 5.91 Å². The van der Waals surface area contributed by atoms with Gasteiger partial charge in [-0.3, -0.25) is 9.36 Å². The van der Waals surface area contributed by atoms with Gasteiger partial charge < -0.3 is 10.1 Å². The van der Waals surface area contributed by atoms with Crippen molar-refractivity contribution < 1.29 is 18.7 Å². The van der Waals surface area contributed by atoms with Crippen molar-refractivity contribution in [1.82, 2.24) is 19.7 Å². The molecular formula is C14H9ClFN5O3S. The average molecular weight is 382 g/mol. The first-order valence-electron chi connectivity index (χ1n) is 6.70. The number of carbonyl (C=O) groups excluding carboxylic acids is 2. The largest absolute Gasteiger partial charge is 0.465 e. The van der Waals surface area contributed by atoms with E-state index in [-0.39, 0.29) is 21.3 Å². The Morgan fingerprint density at radius 2 is 2.16 bits per heavy atom. The van der Waals surface area contributed by atoms with Crippen LogP contribution in [0.2, 0.25) is 5.02 Å². The summed E-state index contributed by atoms with van der Waals surface area (Å²) in [4.78, 5) is 28.0. The number of nitrogens with one attached hydrogen (secondary N) is 1. The van der Waals surface area contributed by atoms with Crippen molar-refractivity contribution in [3.05, 3.63) is 52.3 Å². The van der Waals surface area contributed by atoms with Crippen LogP contribution in [0.1, 0.15) is 20.2 Å². The number of benzene rings is 1. The molecule has 8 nitrogen and oxygen atoms in total. The number of amides is 1. The first-order chi connectivity index (χ1) is 12.0. The van der Waals surface area contributed by atoms with Crippen LogP contribution < -0.4 is 5.32 Å². The standard InChI is InChI=1S/C14H9ClFN5O3S/c1-24-13(23)7-4-9(16)8(15)5-10(7)18-11(22)12-19-20-14(25-12)21-3-2-17-6-21/h2-6H,1H3,(H,18,22). The van der Waals surface area contributed by atoms with Crippen LogP contribution >= 0.6 is 22.9 Å². The summed E-state index contributed by atoms with van der Waals surface area (Å²) in [6.07, 6.45) is 4.72. The number of rotatable bonds is 4. The lowest BCUT2D eigenvalue weighted by Gasteiger charge is -2.09. The summed E-state index contributed by atoms with van der Waals surface area (Å²) in [5.74, 6) is -2.25. The molecule has 0 atom stereocenters. The molecule has 2 heterocycles. The summed E-state index contributed by atoms with van der Waals surface area (Å²) in [5.41, 5.74) is -0.167. The fraction of sp³-hybridized carbons (Fsp3) is 0.0714. The van der Waals surface area contributed by atoms with Crippen LogP contribution in [0.3, 0.4) is 0 Å². The Morgan fingerprint density at radius 3 is 2.84 bits per heavy atom. The molecule has 0 bridgehead atoms. The van der Waals surface area contributed by atoms with Gasteiger partial charge in [0.2, 0.25) is 10.1 Å². The van der Waals surface area contributed by atoms with Gasteiger partial charge in [-0.1, -0.05) is 22.9 Å². The van der Waals surface area contributed by atoms with E-state index >= 15 is 0 Å². The Balaban J connectivity index is 1.88. The van der Waals surface area contributed by atoms with Gasteiger partial charge in [-0.25, -0.2) is 14.2 Å². The summed E-state index contributed by atoms with van der Waals surface area (Å²) in [7, 11) is 1.14. The highest BCUT2D eigenvalue weighted by Crippen LogP contribution is 2.26. The Kier molecular flexibility index (Phi) is 4.72. The molecule has 2 aromatic heterocycles. The zero-order chi connectivity index (χ0) is 18.0. The second-order valence-electron chi connectivity index (χ2n) is 4.62. The number of carbonyl (C=O) groups is 2. The fourth-order valence-electron chi connectivity index (χ4n) is 1.89. The second-order valence-corrected chi connectivity index (χ2v) is 5.98. The van der Waals surface area contributed by atoms with E-state index in [1.54, 1.807) is 17.0 Å². The van der Waals surface area contributed by atoms with Gasteiger partial charge in [-0.2, -0.15) is 0 Å². The van der Waals surface area contributed by atoms with Crippen LogP contribution in [0.5, 0.6) is 0 Å². The van der Waals surface area contributed by atoms with E-state index in [1.807, 2.05) is 0 Å². The minimum Gasteiger partial charge on any atom is -0.465 e. The molecule has 0 saturated heterocycles. The van der Waals surface area contributed by atoms with Crippen molar-refractivity contribution in [2.75, 3.05) is 12.4 Å². The molecule has 0 spiro atoms. The number of halogens is 2. The maximum atomic E-state index is 13.6. The van der Waals surface area contributed by atoms with Crippen molar-refractivity contribution in [3.63, 3.8) is 0 Å². The fourth-order valence-corrected chi connectivity index (χ4v) is 2.75. The number of aromatic nitrogens is 4. The third-order valence-corrected chi connectivity index (χ3v) is 4.27. The molecule has 0 aliphatic heterocycles. The molecule has 1 aromatic carbocycles. The molecule has 1 amide bonds. The summed E-state index contributed by atoms with van der Waals surface area (Å²) in [6, 6.07) is 2.01.